The van der Waals surface area contributed by atoms with E-state index < -0.39 is 12.1 Å². The van der Waals surface area contributed by atoms with Crippen LogP contribution in [0.5, 0.6) is 0 Å². The van der Waals surface area contributed by atoms with E-state index in [1.165, 1.54) is 193 Å². The summed E-state index contributed by atoms with van der Waals surface area (Å²) in [5, 5.41) is 23.1. The van der Waals surface area contributed by atoms with Crippen molar-refractivity contribution in [2.24, 2.45) is 0 Å². The summed E-state index contributed by atoms with van der Waals surface area (Å²) in [6.07, 6.45) is 63.4. The Morgan fingerprint density at radius 1 is 0.429 bits per heavy atom. The Kier molecular flexibility index (Phi) is 51.6. The summed E-state index contributed by atoms with van der Waals surface area (Å²) in [6.45, 7) is 4.83. The molecule has 2 unspecified atom stereocenters. The number of aliphatic hydroxyl groups is 2. The van der Waals surface area contributed by atoms with E-state index in [0.29, 0.717) is 19.4 Å². The van der Waals surface area contributed by atoms with Crippen molar-refractivity contribution in [3.63, 3.8) is 0 Å². The van der Waals surface area contributed by atoms with Crippen molar-refractivity contribution in [1.29, 1.82) is 0 Å². The predicted molar refractivity (Wildman–Crippen MR) is 273 cm³/mol. The lowest BCUT2D eigenvalue weighted by Gasteiger charge is -2.20. The number of rotatable bonds is 52. The summed E-state index contributed by atoms with van der Waals surface area (Å²) in [5.41, 5.74) is 0. The Labute approximate surface area is 392 Å². The summed E-state index contributed by atoms with van der Waals surface area (Å²) in [7, 11) is 0. The Hall–Kier alpha value is -1.66. The first-order valence-corrected chi connectivity index (χ1v) is 28.1. The minimum atomic E-state index is -0.863. The minimum Gasteiger partial charge on any atom is -0.466 e. The first kappa shape index (κ1) is 61.3. The van der Waals surface area contributed by atoms with E-state index in [-0.39, 0.29) is 18.5 Å². The van der Waals surface area contributed by atoms with E-state index >= 15 is 0 Å². The largest absolute Gasteiger partial charge is 0.466 e. The van der Waals surface area contributed by atoms with Gasteiger partial charge in [-0.15, -0.1) is 0 Å². The fourth-order valence-corrected chi connectivity index (χ4v) is 8.63. The molecule has 0 rings (SSSR count). The number of unbranched alkanes of at least 4 members (excludes halogenated alkanes) is 39. The fourth-order valence-electron chi connectivity index (χ4n) is 8.63. The molecule has 63 heavy (non-hydrogen) atoms. The van der Waals surface area contributed by atoms with E-state index in [1.807, 2.05) is 6.08 Å². The molecule has 0 aromatic rings. The van der Waals surface area contributed by atoms with Gasteiger partial charge in [0.05, 0.1) is 25.4 Å². The van der Waals surface area contributed by atoms with Gasteiger partial charge in [-0.25, -0.2) is 0 Å². The lowest BCUT2D eigenvalue weighted by molar-refractivity contribution is -0.143. The molecule has 0 saturated heterocycles. The molecule has 0 heterocycles. The molecule has 0 aliphatic carbocycles. The molecule has 0 aliphatic rings. The van der Waals surface area contributed by atoms with E-state index in [4.69, 9.17) is 4.74 Å². The standard InChI is InChI=1S/C57H109NO5/c1-3-5-7-9-11-13-15-16-17-18-19-20-21-22-23-24-25-26-27-30-33-37-41-45-49-55(60)54(53-59)58-56(61)50-46-42-38-34-31-28-32-36-40-44-48-52-63-57(62)51-47-43-39-35-29-14-12-10-8-6-4-2/h32,36,45,49,54-55,59-60H,3-31,33-35,37-44,46-48,50-53H2,1-2H3,(H,58,61)/b36-32-,49-45+. The molecular formula is C57H109NO5. The van der Waals surface area contributed by atoms with Crippen molar-refractivity contribution >= 4 is 11.9 Å². The van der Waals surface area contributed by atoms with Crippen LogP contribution in [0, 0.1) is 0 Å². The number of hydrogen-bond donors (Lipinski definition) is 3. The van der Waals surface area contributed by atoms with Crippen molar-refractivity contribution in [2.75, 3.05) is 13.2 Å². The van der Waals surface area contributed by atoms with Gasteiger partial charge >= 0.3 is 5.97 Å². The molecular weight excluding hydrogens is 779 g/mol. The number of carbonyl (C=O) groups excluding carboxylic acids is 2. The van der Waals surface area contributed by atoms with Crippen LogP contribution < -0.4 is 5.32 Å². The zero-order valence-corrected chi connectivity index (χ0v) is 42.3. The smallest absolute Gasteiger partial charge is 0.305 e. The normalized spacial score (nSPS) is 12.8. The Balaban J connectivity index is 3.54. The van der Waals surface area contributed by atoms with Gasteiger partial charge in [0.2, 0.25) is 5.91 Å². The number of amides is 1. The van der Waals surface area contributed by atoms with E-state index in [2.05, 4.69) is 31.3 Å². The molecule has 6 heteroatoms. The second kappa shape index (κ2) is 53.0. The summed E-state index contributed by atoms with van der Waals surface area (Å²) in [6, 6.07) is -0.649. The van der Waals surface area contributed by atoms with Crippen LogP contribution in [-0.4, -0.2) is 47.4 Å². The maximum atomic E-state index is 12.5. The highest BCUT2D eigenvalue weighted by Crippen LogP contribution is 2.17. The van der Waals surface area contributed by atoms with Crippen LogP contribution >= 0.6 is 0 Å². The molecule has 0 aromatic carbocycles. The van der Waals surface area contributed by atoms with Gasteiger partial charge in [0, 0.05) is 12.8 Å². The van der Waals surface area contributed by atoms with Crippen molar-refractivity contribution in [3.05, 3.63) is 24.3 Å². The average molecular weight is 889 g/mol. The van der Waals surface area contributed by atoms with Gasteiger partial charge in [0.15, 0.2) is 0 Å². The maximum absolute atomic E-state index is 12.5. The van der Waals surface area contributed by atoms with E-state index in [1.54, 1.807) is 6.08 Å². The number of ether oxygens (including phenoxy) is 1. The topological polar surface area (TPSA) is 95.9 Å². The van der Waals surface area contributed by atoms with Crippen molar-refractivity contribution < 1.29 is 24.5 Å². The second-order valence-electron chi connectivity index (χ2n) is 19.3. The molecule has 0 spiro atoms. The van der Waals surface area contributed by atoms with Crippen LogP contribution in [0.3, 0.4) is 0 Å². The predicted octanol–water partition coefficient (Wildman–Crippen LogP) is 17.1. The zero-order valence-electron chi connectivity index (χ0n) is 42.3. The fraction of sp³-hybridized carbons (Fsp3) is 0.895. The lowest BCUT2D eigenvalue weighted by Crippen LogP contribution is -2.45. The summed E-state index contributed by atoms with van der Waals surface area (Å²) in [4.78, 5) is 24.4. The Morgan fingerprint density at radius 3 is 1.13 bits per heavy atom. The monoisotopic (exact) mass is 888 g/mol. The third kappa shape index (κ3) is 49.6. The third-order valence-corrected chi connectivity index (χ3v) is 13.0. The molecule has 1 amide bonds. The van der Waals surface area contributed by atoms with Crippen molar-refractivity contribution in [1.82, 2.24) is 5.32 Å². The average Bonchev–Trinajstić information content (AvgIpc) is 3.28. The summed E-state index contributed by atoms with van der Waals surface area (Å²) >= 11 is 0. The van der Waals surface area contributed by atoms with E-state index in [9.17, 15) is 19.8 Å². The minimum absolute atomic E-state index is 0.0328. The molecule has 0 aliphatic heterocycles. The van der Waals surface area contributed by atoms with Gasteiger partial charge in [-0.1, -0.05) is 256 Å². The molecule has 0 fully saturated rings. The SMILES string of the molecule is CCCCCCCCCCCCCCCCCCCCCCCC/C=C/C(O)C(CO)NC(=O)CCCCCCC/C=C\CCCCOC(=O)CCCCCCCCCCCCC. The second-order valence-corrected chi connectivity index (χ2v) is 19.3. The van der Waals surface area contributed by atoms with Crippen LogP contribution in [0.1, 0.15) is 303 Å². The molecule has 372 valence electrons. The highest BCUT2D eigenvalue weighted by Gasteiger charge is 2.18. The number of hydrogen-bond acceptors (Lipinski definition) is 5. The molecule has 0 saturated carbocycles. The highest BCUT2D eigenvalue weighted by molar-refractivity contribution is 5.76. The molecule has 2 atom stereocenters. The summed E-state index contributed by atoms with van der Waals surface area (Å²) in [5.74, 6) is -0.127. The van der Waals surface area contributed by atoms with Crippen LogP contribution in [0.4, 0.5) is 0 Å². The Bertz CT molecular complexity index is 982. The number of esters is 1. The van der Waals surface area contributed by atoms with Crippen molar-refractivity contribution in [2.45, 2.75) is 315 Å². The molecule has 0 aromatic heterocycles. The molecule has 0 radical (unpaired) electrons. The van der Waals surface area contributed by atoms with Crippen molar-refractivity contribution in [3.8, 4) is 0 Å². The maximum Gasteiger partial charge on any atom is 0.305 e. The van der Waals surface area contributed by atoms with Gasteiger partial charge in [0.25, 0.3) is 0 Å². The van der Waals surface area contributed by atoms with Gasteiger partial charge in [0.1, 0.15) is 0 Å². The number of nitrogens with one attached hydrogen (secondary N) is 1. The summed E-state index contributed by atoms with van der Waals surface area (Å²) < 4.78 is 5.42. The van der Waals surface area contributed by atoms with Gasteiger partial charge in [-0.2, -0.15) is 0 Å². The molecule has 0 bridgehead atoms. The number of allylic oxidation sites excluding steroid dienone is 3. The zero-order chi connectivity index (χ0) is 45.8. The van der Waals surface area contributed by atoms with Crippen LogP contribution in [-0.2, 0) is 14.3 Å². The number of carbonyl (C=O) groups is 2. The van der Waals surface area contributed by atoms with Gasteiger partial charge in [-0.3, -0.25) is 9.59 Å². The first-order chi connectivity index (χ1) is 31.0. The number of aliphatic hydroxyl groups excluding tert-OH is 2. The quantitative estimate of drug-likeness (QED) is 0.0321. The Morgan fingerprint density at radius 2 is 0.746 bits per heavy atom. The molecule has 6 nitrogen and oxygen atoms in total. The highest BCUT2D eigenvalue weighted by atomic mass is 16.5. The van der Waals surface area contributed by atoms with E-state index in [0.717, 1.165) is 83.5 Å². The van der Waals surface area contributed by atoms with Crippen LogP contribution in [0.2, 0.25) is 0 Å². The molecule has 3 N–H and O–H groups in total. The van der Waals surface area contributed by atoms with Gasteiger partial charge < -0.3 is 20.3 Å². The van der Waals surface area contributed by atoms with Gasteiger partial charge in [-0.05, 0) is 57.8 Å². The third-order valence-electron chi connectivity index (χ3n) is 13.0. The van der Waals surface area contributed by atoms with Crippen LogP contribution in [0.15, 0.2) is 24.3 Å². The lowest BCUT2D eigenvalue weighted by atomic mass is 10.0. The first-order valence-electron chi connectivity index (χ1n) is 28.1. The van der Waals surface area contributed by atoms with Crippen LogP contribution in [0.25, 0.3) is 0 Å².